The number of piperidine rings is 1. The summed E-state index contributed by atoms with van der Waals surface area (Å²) in [5, 5.41) is 12.8. The molecule has 9 nitrogen and oxygen atoms in total. The zero-order valence-electron chi connectivity index (χ0n) is 23.9. The molecule has 2 amide bonds. The minimum Gasteiger partial charge on any atom is -0.370 e. The lowest BCUT2D eigenvalue weighted by Gasteiger charge is -2.49. The average molecular weight is 540 g/mol. The van der Waals surface area contributed by atoms with E-state index >= 15 is 0 Å². The molecule has 9 heteroatoms. The Morgan fingerprint density at radius 3 is 2.46 bits per heavy atom. The van der Waals surface area contributed by atoms with Gasteiger partial charge >= 0.3 is 0 Å². The minimum absolute atomic E-state index is 0.0852. The highest BCUT2D eigenvalue weighted by Gasteiger charge is 2.49. The second-order valence-electron chi connectivity index (χ2n) is 12.2. The van der Waals surface area contributed by atoms with Crippen molar-refractivity contribution < 1.29 is 9.59 Å². The van der Waals surface area contributed by atoms with Gasteiger partial charge in [-0.1, -0.05) is 38.1 Å². The van der Waals surface area contributed by atoms with Crippen molar-refractivity contribution in [1.29, 1.82) is 5.41 Å². The number of hydrogen-bond acceptors (Lipinski definition) is 5. The van der Waals surface area contributed by atoms with Crippen LogP contribution in [0, 0.1) is 17.2 Å². The number of hydrogen-bond donors (Lipinski definition) is 5. The molecule has 1 aromatic carbocycles. The van der Waals surface area contributed by atoms with Gasteiger partial charge in [-0.2, -0.15) is 0 Å². The van der Waals surface area contributed by atoms with Crippen LogP contribution in [0.1, 0.15) is 76.3 Å². The highest BCUT2D eigenvalue weighted by Crippen LogP contribution is 2.44. The molecular weight excluding hydrogens is 490 g/mol. The van der Waals surface area contributed by atoms with Gasteiger partial charge < -0.3 is 31.9 Å². The predicted molar refractivity (Wildman–Crippen MR) is 155 cm³/mol. The number of carbonyl (C=O) groups is 2. The van der Waals surface area contributed by atoms with Crippen molar-refractivity contribution in [3.63, 3.8) is 0 Å². The molecule has 1 spiro atoms. The maximum atomic E-state index is 14.0. The molecule has 2 aliphatic heterocycles. The van der Waals surface area contributed by atoms with Crippen molar-refractivity contribution in [2.75, 3.05) is 32.7 Å². The molecule has 3 aliphatic rings. The Balaban J connectivity index is 1.33. The SMILES string of the molecule is CC(C)[C@H]1CC[C@@H](N2CCC3(CC2)C(=O)N(CCNC(=O)[C@@H](N)CCCNC(=N)N)Cc2ccccc23)CC1. The Labute approximate surface area is 233 Å². The second kappa shape index (κ2) is 13.1. The van der Waals surface area contributed by atoms with Crippen LogP contribution in [0.4, 0.5) is 0 Å². The van der Waals surface area contributed by atoms with Gasteiger partial charge in [0.25, 0.3) is 0 Å². The van der Waals surface area contributed by atoms with Crippen LogP contribution in [-0.2, 0) is 21.5 Å². The van der Waals surface area contributed by atoms with Gasteiger partial charge in [-0.05, 0) is 87.4 Å². The zero-order chi connectivity index (χ0) is 28.0. The Kier molecular flexibility index (Phi) is 9.88. The maximum Gasteiger partial charge on any atom is 0.236 e. The fraction of sp³-hybridized carbons (Fsp3) is 0.700. The van der Waals surface area contributed by atoms with E-state index in [1.165, 1.54) is 36.8 Å². The van der Waals surface area contributed by atoms with Gasteiger partial charge in [0.1, 0.15) is 0 Å². The number of amides is 2. The number of nitrogens with zero attached hydrogens (tertiary/aromatic N) is 2. The predicted octanol–water partition coefficient (Wildman–Crippen LogP) is 2.28. The van der Waals surface area contributed by atoms with Gasteiger partial charge in [0, 0.05) is 32.2 Å². The van der Waals surface area contributed by atoms with Crippen LogP contribution in [0.25, 0.3) is 0 Å². The average Bonchev–Trinajstić information content (AvgIpc) is 2.94. The van der Waals surface area contributed by atoms with Crippen molar-refractivity contribution in [3.05, 3.63) is 35.4 Å². The van der Waals surface area contributed by atoms with Crippen molar-refractivity contribution in [1.82, 2.24) is 20.4 Å². The van der Waals surface area contributed by atoms with E-state index in [2.05, 4.69) is 53.6 Å². The molecule has 1 atom stereocenters. The van der Waals surface area contributed by atoms with E-state index in [1.807, 2.05) is 4.90 Å². The zero-order valence-corrected chi connectivity index (χ0v) is 23.9. The fourth-order valence-corrected chi connectivity index (χ4v) is 7.01. The first-order valence-electron chi connectivity index (χ1n) is 14.9. The van der Waals surface area contributed by atoms with Gasteiger partial charge in [0.2, 0.25) is 11.8 Å². The number of nitrogens with one attached hydrogen (secondary N) is 3. The normalized spacial score (nSPS) is 23.9. The molecule has 2 fully saturated rings. The Morgan fingerprint density at radius 1 is 1.10 bits per heavy atom. The largest absolute Gasteiger partial charge is 0.370 e. The number of nitrogens with two attached hydrogens (primary N) is 2. The van der Waals surface area contributed by atoms with Crippen LogP contribution in [0.3, 0.4) is 0 Å². The van der Waals surface area contributed by atoms with Crippen LogP contribution < -0.4 is 22.1 Å². The summed E-state index contributed by atoms with van der Waals surface area (Å²) < 4.78 is 0. The molecule has 1 aliphatic carbocycles. The molecule has 0 aromatic heterocycles. The number of rotatable bonds is 10. The van der Waals surface area contributed by atoms with Gasteiger partial charge in [-0.15, -0.1) is 0 Å². The van der Waals surface area contributed by atoms with Crippen molar-refractivity contribution in [2.24, 2.45) is 23.3 Å². The van der Waals surface area contributed by atoms with Gasteiger partial charge in [-0.3, -0.25) is 15.0 Å². The minimum atomic E-state index is -0.622. The summed E-state index contributed by atoms with van der Waals surface area (Å²) in [6, 6.07) is 8.47. The first kappa shape index (κ1) is 29.3. The highest BCUT2D eigenvalue weighted by atomic mass is 16.2. The molecule has 2 heterocycles. The van der Waals surface area contributed by atoms with Crippen LogP contribution in [-0.4, -0.2) is 72.4 Å². The fourth-order valence-electron chi connectivity index (χ4n) is 7.01. The number of fused-ring (bicyclic) bond motifs is 2. The summed E-state index contributed by atoms with van der Waals surface area (Å²) in [4.78, 5) is 31.1. The third-order valence-electron chi connectivity index (χ3n) is 9.47. The van der Waals surface area contributed by atoms with Crippen LogP contribution in [0.2, 0.25) is 0 Å². The lowest BCUT2D eigenvalue weighted by Crippen LogP contribution is -2.58. The van der Waals surface area contributed by atoms with Crippen LogP contribution in [0.15, 0.2) is 24.3 Å². The van der Waals surface area contributed by atoms with Crippen molar-refractivity contribution in [2.45, 2.75) is 89.3 Å². The number of guanidine groups is 1. The smallest absolute Gasteiger partial charge is 0.236 e. The molecule has 7 N–H and O–H groups in total. The molecule has 0 unspecified atom stereocenters. The Hall–Kier alpha value is -2.65. The number of benzene rings is 1. The molecule has 0 bridgehead atoms. The van der Waals surface area contributed by atoms with Crippen molar-refractivity contribution in [3.8, 4) is 0 Å². The maximum absolute atomic E-state index is 14.0. The van der Waals surface area contributed by atoms with Gasteiger partial charge in [0.15, 0.2) is 5.96 Å². The van der Waals surface area contributed by atoms with E-state index in [0.717, 1.165) is 37.8 Å². The molecule has 216 valence electrons. The summed E-state index contributed by atoms with van der Waals surface area (Å²) in [5.74, 6) is 1.54. The van der Waals surface area contributed by atoms with E-state index in [4.69, 9.17) is 16.9 Å². The lowest BCUT2D eigenvalue weighted by atomic mass is 9.67. The molecule has 4 rings (SSSR count). The van der Waals surface area contributed by atoms with Crippen LogP contribution >= 0.6 is 0 Å². The molecule has 0 radical (unpaired) electrons. The molecule has 1 aromatic rings. The highest BCUT2D eigenvalue weighted by molar-refractivity contribution is 5.90. The lowest BCUT2D eigenvalue weighted by molar-refractivity contribution is -0.142. The summed E-state index contributed by atoms with van der Waals surface area (Å²) >= 11 is 0. The number of carbonyl (C=O) groups excluding carboxylic acids is 2. The molecular formula is C30H49N7O2. The van der Waals surface area contributed by atoms with E-state index in [9.17, 15) is 9.59 Å². The van der Waals surface area contributed by atoms with Crippen LogP contribution in [0.5, 0.6) is 0 Å². The quantitative estimate of drug-likeness (QED) is 0.176. The standard InChI is InChI=1S/C30H49N7O2/c1-21(2)22-9-11-24(12-10-22)36-17-13-30(14-18-36)25-7-4-3-6-23(25)20-37(28(30)39)19-16-34-27(38)26(31)8-5-15-35-29(32)33/h3-4,6-7,21-22,24,26H,5,8-20,31H2,1-2H3,(H,34,38)(H4,32,33,35)/t22-,24+,26-/m0/s1. The summed E-state index contributed by atoms with van der Waals surface area (Å²) in [5.41, 5.74) is 13.3. The van der Waals surface area contributed by atoms with Gasteiger partial charge in [-0.25, -0.2) is 0 Å². The third-order valence-corrected chi connectivity index (χ3v) is 9.47. The first-order valence-corrected chi connectivity index (χ1v) is 14.9. The second-order valence-corrected chi connectivity index (χ2v) is 12.2. The van der Waals surface area contributed by atoms with Gasteiger partial charge in [0.05, 0.1) is 11.5 Å². The van der Waals surface area contributed by atoms with E-state index in [-0.39, 0.29) is 17.8 Å². The molecule has 39 heavy (non-hydrogen) atoms. The summed E-state index contributed by atoms with van der Waals surface area (Å²) in [7, 11) is 0. The number of likely N-dealkylation sites (tertiary alicyclic amines) is 1. The third kappa shape index (κ3) is 6.92. The summed E-state index contributed by atoms with van der Waals surface area (Å²) in [6.07, 6.45) is 8.07. The molecule has 1 saturated carbocycles. The molecule has 1 saturated heterocycles. The first-order chi connectivity index (χ1) is 18.7. The summed E-state index contributed by atoms with van der Waals surface area (Å²) in [6.45, 7) is 8.59. The van der Waals surface area contributed by atoms with E-state index in [0.29, 0.717) is 45.1 Å². The Morgan fingerprint density at radius 2 is 1.79 bits per heavy atom. The monoisotopic (exact) mass is 539 g/mol. The van der Waals surface area contributed by atoms with E-state index in [1.54, 1.807) is 0 Å². The topological polar surface area (TPSA) is 141 Å². The van der Waals surface area contributed by atoms with Crippen molar-refractivity contribution >= 4 is 17.8 Å². The Bertz CT molecular complexity index is 997. The van der Waals surface area contributed by atoms with E-state index < -0.39 is 11.5 Å².